The molecule has 0 aliphatic carbocycles. The van der Waals surface area contributed by atoms with Crippen molar-refractivity contribution in [2.24, 2.45) is 0 Å². The smallest absolute Gasteiger partial charge is 0.126 e. The lowest BCUT2D eigenvalue weighted by Crippen LogP contribution is -2.60. The highest BCUT2D eigenvalue weighted by Gasteiger charge is 2.51. The quantitative estimate of drug-likeness (QED) is 0.752. The Balaban J connectivity index is 2.96. The summed E-state index contributed by atoms with van der Waals surface area (Å²) in [6, 6.07) is 0. The van der Waals surface area contributed by atoms with E-state index in [1.54, 1.807) is 0 Å². The first-order valence-corrected chi connectivity index (χ1v) is 8.82. The van der Waals surface area contributed by atoms with Gasteiger partial charge in [0, 0.05) is 16.6 Å². The van der Waals surface area contributed by atoms with Crippen LogP contribution >= 0.6 is 16.8 Å². The van der Waals surface area contributed by atoms with Gasteiger partial charge in [-0.3, -0.25) is 5.09 Å². The molecule has 0 aromatic rings. The summed E-state index contributed by atoms with van der Waals surface area (Å²) in [5.74, 6) is 0. The van der Waals surface area contributed by atoms with Gasteiger partial charge in [0.25, 0.3) is 0 Å². The van der Waals surface area contributed by atoms with E-state index in [4.69, 9.17) is 0 Å². The Kier molecular flexibility index (Phi) is 4.57. The molecular weight excluding hydrogens is 264 g/mol. The van der Waals surface area contributed by atoms with Crippen LogP contribution in [-0.4, -0.2) is 25.5 Å². The molecule has 0 radical (unpaired) electrons. The SMILES string of the molecule is CC(C)(C)NP1N(C(C)(C)C)P([O-])N1C(C)(C)C. The van der Waals surface area contributed by atoms with Crippen molar-refractivity contribution in [3.63, 3.8) is 0 Å². The normalized spacial score (nSPS) is 28.3. The van der Waals surface area contributed by atoms with E-state index in [-0.39, 0.29) is 16.6 Å². The van der Waals surface area contributed by atoms with Crippen molar-refractivity contribution >= 4 is 16.8 Å². The predicted molar refractivity (Wildman–Crippen MR) is 79.9 cm³/mol. The third kappa shape index (κ3) is 3.62. The number of rotatable bonds is 1. The van der Waals surface area contributed by atoms with Gasteiger partial charge in [-0.15, -0.1) is 0 Å². The van der Waals surface area contributed by atoms with Gasteiger partial charge in [0.05, 0.1) is 0 Å². The van der Waals surface area contributed by atoms with Crippen LogP contribution in [0.25, 0.3) is 0 Å². The summed E-state index contributed by atoms with van der Waals surface area (Å²) in [4.78, 5) is 12.5. The van der Waals surface area contributed by atoms with Gasteiger partial charge >= 0.3 is 0 Å². The molecule has 1 aliphatic rings. The molecule has 0 saturated carbocycles. The summed E-state index contributed by atoms with van der Waals surface area (Å²) in [7, 11) is -2.13. The van der Waals surface area contributed by atoms with Crippen molar-refractivity contribution in [3.8, 4) is 0 Å². The van der Waals surface area contributed by atoms with E-state index in [0.717, 1.165) is 0 Å². The first kappa shape index (κ1) is 16.8. The van der Waals surface area contributed by atoms with Gasteiger partial charge in [-0.25, -0.2) is 8.88 Å². The summed E-state index contributed by atoms with van der Waals surface area (Å²) < 4.78 is 4.27. The molecule has 0 aromatic carbocycles. The maximum absolute atomic E-state index is 12.5. The zero-order valence-electron chi connectivity index (χ0n) is 13.2. The summed E-state index contributed by atoms with van der Waals surface area (Å²) in [6.45, 7) is 19.2. The second-order valence-corrected chi connectivity index (χ2v) is 11.4. The lowest BCUT2D eigenvalue weighted by atomic mass is 10.1. The molecule has 0 atom stereocenters. The van der Waals surface area contributed by atoms with Crippen LogP contribution < -0.4 is 9.98 Å². The van der Waals surface area contributed by atoms with Gasteiger partial charge < -0.3 is 4.89 Å². The lowest BCUT2D eigenvalue weighted by Gasteiger charge is -2.69. The summed E-state index contributed by atoms with van der Waals surface area (Å²) in [6.07, 6.45) is 0. The molecular formula is C12H28N3OP2-. The van der Waals surface area contributed by atoms with Gasteiger partial charge in [-0.05, 0) is 70.8 Å². The molecule has 108 valence electrons. The Morgan fingerprint density at radius 1 is 0.778 bits per heavy atom. The Hall–Kier alpha value is 0.700. The third-order valence-corrected chi connectivity index (χ3v) is 8.89. The molecule has 1 aliphatic heterocycles. The highest BCUT2D eigenvalue weighted by Crippen LogP contribution is 2.76. The van der Waals surface area contributed by atoms with Crippen LogP contribution in [0.2, 0.25) is 0 Å². The van der Waals surface area contributed by atoms with Crippen LogP contribution in [-0.2, 0) is 0 Å². The molecule has 1 N–H and O–H groups in total. The highest BCUT2D eigenvalue weighted by molar-refractivity contribution is 7.78. The highest BCUT2D eigenvalue weighted by atomic mass is 31.3. The molecule has 1 saturated heterocycles. The molecule has 6 heteroatoms. The second-order valence-electron chi connectivity index (χ2n) is 7.82. The molecule has 0 amide bonds. The van der Waals surface area contributed by atoms with Crippen LogP contribution in [0.5, 0.6) is 0 Å². The van der Waals surface area contributed by atoms with E-state index in [0.29, 0.717) is 0 Å². The maximum Gasteiger partial charge on any atom is 0.126 e. The van der Waals surface area contributed by atoms with Gasteiger partial charge in [0.1, 0.15) is 8.37 Å². The van der Waals surface area contributed by atoms with Crippen LogP contribution in [0.4, 0.5) is 0 Å². The van der Waals surface area contributed by atoms with Crippen LogP contribution in [0.3, 0.4) is 0 Å². The predicted octanol–water partition coefficient (Wildman–Crippen LogP) is 3.40. The molecule has 1 rings (SSSR count). The Morgan fingerprint density at radius 2 is 1.11 bits per heavy atom. The van der Waals surface area contributed by atoms with E-state index in [1.807, 2.05) is 0 Å². The van der Waals surface area contributed by atoms with Gasteiger partial charge in [0.2, 0.25) is 0 Å². The number of nitrogens with zero attached hydrogens (tertiary/aromatic N) is 2. The summed E-state index contributed by atoms with van der Waals surface area (Å²) >= 11 is 0. The molecule has 1 heterocycles. The molecule has 1 fully saturated rings. The maximum atomic E-state index is 12.5. The van der Waals surface area contributed by atoms with Gasteiger partial charge in [-0.1, -0.05) is 0 Å². The van der Waals surface area contributed by atoms with Gasteiger partial charge in [-0.2, -0.15) is 0 Å². The average Bonchev–Trinajstić information content (AvgIpc) is 1.92. The molecule has 0 unspecified atom stereocenters. The third-order valence-electron chi connectivity index (χ3n) is 2.32. The largest absolute Gasteiger partial charge is 0.805 e. The lowest BCUT2D eigenvalue weighted by molar-refractivity contribution is -0.185. The zero-order chi connectivity index (χ0) is 14.5. The summed E-state index contributed by atoms with van der Waals surface area (Å²) in [5.41, 5.74) is -0.117. The number of hydrogen-bond donors (Lipinski definition) is 1. The zero-order valence-corrected chi connectivity index (χ0v) is 15.0. The van der Waals surface area contributed by atoms with Gasteiger partial charge in [0.15, 0.2) is 0 Å². The van der Waals surface area contributed by atoms with Crippen molar-refractivity contribution in [1.82, 2.24) is 14.0 Å². The van der Waals surface area contributed by atoms with Crippen molar-refractivity contribution in [2.45, 2.75) is 78.9 Å². The van der Waals surface area contributed by atoms with Crippen molar-refractivity contribution < 1.29 is 4.89 Å². The minimum Gasteiger partial charge on any atom is -0.805 e. The Morgan fingerprint density at radius 3 is 1.33 bits per heavy atom. The van der Waals surface area contributed by atoms with Crippen molar-refractivity contribution in [2.75, 3.05) is 0 Å². The van der Waals surface area contributed by atoms with E-state index in [2.05, 4.69) is 76.3 Å². The second kappa shape index (κ2) is 4.91. The average molecular weight is 292 g/mol. The van der Waals surface area contributed by atoms with Crippen LogP contribution in [0.15, 0.2) is 0 Å². The van der Waals surface area contributed by atoms with Crippen molar-refractivity contribution in [3.05, 3.63) is 0 Å². The van der Waals surface area contributed by atoms with Crippen LogP contribution in [0.1, 0.15) is 62.3 Å². The molecule has 0 spiro atoms. The minimum absolute atomic E-state index is 0.0231. The minimum atomic E-state index is -1.43. The first-order chi connectivity index (χ1) is 7.75. The number of nitrogens with one attached hydrogen (secondary N) is 1. The van der Waals surface area contributed by atoms with E-state index in [9.17, 15) is 4.89 Å². The Labute approximate surface area is 115 Å². The topological polar surface area (TPSA) is 41.6 Å². The molecule has 18 heavy (non-hydrogen) atoms. The first-order valence-electron chi connectivity index (χ1n) is 6.40. The van der Waals surface area contributed by atoms with E-state index in [1.165, 1.54) is 0 Å². The van der Waals surface area contributed by atoms with E-state index >= 15 is 0 Å². The molecule has 4 nitrogen and oxygen atoms in total. The fourth-order valence-corrected chi connectivity index (χ4v) is 6.89. The number of hydrogen-bond acceptors (Lipinski definition) is 4. The monoisotopic (exact) mass is 292 g/mol. The Bertz CT molecular complexity index is 282. The molecule has 0 aromatic heterocycles. The van der Waals surface area contributed by atoms with E-state index < -0.39 is 16.8 Å². The standard InChI is InChI=1S/C12H28N3OP2/c1-10(2,3)13-17-14(11(4,5)6)18(16)15(17)12(7,8)9/h13H,1-9H3/q-1. The molecule has 0 bridgehead atoms. The fraction of sp³-hybridized carbons (Fsp3) is 1.00. The van der Waals surface area contributed by atoms with Crippen LogP contribution in [0, 0.1) is 0 Å². The summed E-state index contributed by atoms with van der Waals surface area (Å²) in [5, 5.41) is 3.63. The van der Waals surface area contributed by atoms with Crippen molar-refractivity contribution in [1.29, 1.82) is 0 Å². The fourth-order valence-electron chi connectivity index (χ4n) is 1.75.